The van der Waals surface area contributed by atoms with Gasteiger partial charge in [-0.15, -0.1) is 0 Å². The van der Waals surface area contributed by atoms with E-state index < -0.39 is 0 Å². The van der Waals surface area contributed by atoms with Crippen LogP contribution in [0.2, 0.25) is 0 Å². The van der Waals surface area contributed by atoms with Crippen LogP contribution in [-0.2, 0) is 0 Å². The summed E-state index contributed by atoms with van der Waals surface area (Å²) >= 11 is 2.78. The van der Waals surface area contributed by atoms with Crippen molar-refractivity contribution in [1.82, 2.24) is 0 Å². The van der Waals surface area contributed by atoms with E-state index >= 15 is 0 Å². The Bertz CT molecular complexity index is 388. The SMILES string of the molecule is C=C=C(C)C(=C=[Se])c1ccccc1. The Morgan fingerprint density at radius 1 is 1.31 bits per heavy atom. The summed E-state index contributed by atoms with van der Waals surface area (Å²) in [5.74, 6) is 0. The maximum atomic E-state index is 3.62. The quantitative estimate of drug-likeness (QED) is 0.418. The van der Waals surface area contributed by atoms with Gasteiger partial charge in [-0.3, -0.25) is 0 Å². The maximum absolute atomic E-state index is 3.62. The summed E-state index contributed by atoms with van der Waals surface area (Å²) in [5.41, 5.74) is 6.02. The van der Waals surface area contributed by atoms with Crippen LogP contribution in [0.1, 0.15) is 12.5 Å². The van der Waals surface area contributed by atoms with E-state index in [0.717, 1.165) is 16.7 Å². The first-order chi connectivity index (χ1) is 6.29. The second kappa shape index (κ2) is 4.82. The molecule has 0 nitrogen and oxygen atoms in total. The van der Waals surface area contributed by atoms with Gasteiger partial charge in [0.2, 0.25) is 0 Å². The summed E-state index contributed by atoms with van der Waals surface area (Å²) in [6.45, 7) is 5.59. The van der Waals surface area contributed by atoms with Gasteiger partial charge in [0.05, 0.1) is 0 Å². The Kier molecular flexibility index (Phi) is 3.70. The molecule has 0 aliphatic heterocycles. The summed E-state index contributed by atoms with van der Waals surface area (Å²) in [5, 5.41) is 0. The molecule has 0 bridgehead atoms. The molecule has 0 aromatic heterocycles. The Labute approximate surface area is 86.7 Å². The van der Waals surface area contributed by atoms with Crippen molar-refractivity contribution >= 4 is 25.7 Å². The van der Waals surface area contributed by atoms with E-state index in [1.165, 1.54) is 0 Å². The fraction of sp³-hybridized carbons (Fsp3) is 0.0833. The van der Waals surface area contributed by atoms with Crippen LogP contribution in [0.3, 0.4) is 0 Å². The minimum atomic E-state index is 1.00. The minimum absolute atomic E-state index is 1.00. The van der Waals surface area contributed by atoms with Gasteiger partial charge in [0.25, 0.3) is 0 Å². The third-order valence-electron chi connectivity index (χ3n) is 1.80. The standard InChI is InChI=1S/C12H10Se/c1-3-10(2)12(9-13)11-7-5-4-6-8-11/h4-8H,1H2,2H3. The second-order valence-electron chi connectivity index (χ2n) is 2.64. The van der Waals surface area contributed by atoms with E-state index in [2.05, 4.69) is 32.5 Å². The second-order valence-corrected chi connectivity index (χ2v) is 3.07. The summed E-state index contributed by atoms with van der Waals surface area (Å²) < 4.78 is 3.02. The zero-order valence-electron chi connectivity index (χ0n) is 7.50. The van der Waals surface area contributed by atoms with Crippen LogP contribution in [0, 0.1) is 0 Å². The first-order valence-corrected chi connectivity index (χ1v) is 4.82. The molecule has 0 aliphatic rings. The molecule has 0 fully saturated rings. The molecule has 1 aromatic carbocycles. The Balaban J connectivity index is 3.22. The molecule has 0 radical (unpaired) electrons. The normalized spacial score (nSPS) is 8.38. The average molecular weight is 233 g/mol. The van der Waals surface area contributed by atoms with Crippen molar-refractivity contribution in [2.75, 3.05) is 0 Å². The molecule has 0 unspecified atom stereocenters. The summed E-state index contributed by atoms with van der Waals surface area (Å²) in [6, 6.07) is 10.1. The molecule has 0 amide bonds. The molecule has 0 N–H and O–H groups in total. The molecule has 1 rings (SSSR count). The van der Waals surface area contributed by atoms with Crippen LogP contribution < -0.4 is 0 Å². The molecular weight excluding hydrogens is 223 g/mol. The summed E-state index contributed by atoms with van der Waals surface area (Å²) in [7, 11) is 0. The van der Waals surface area contributed by atoms with Gasteiger partial charge >= 0.3 is 86.4 Å². The molecule has 1 aromatic rings. The van der Waals surface area contributed by atoms with Crippen molar-refractivity contribution < 1.29 is 0 Å². The van der Waals surface area contributed by atoms with Crippen molar-refractivity contribution in [2.45, 2.75) is 6.92 Å². The molecular formula is C12H10Se. The monoisotopic (exact) mass is 234 g/mol. The topological polar surface area (TPSA) is 0 Å². The van der Waals surface area contributed by atoms with E-state index in [1.807, 2.05) is 37.3 Å². The van der Waals surface area contributed by atoms with E-state index in [9.17, 15) is 0 Å². The zero-order chi connectivity index (χ0) is 9.68. The molecule has 0 saturated heterocycles. The van der Waals surface area contributed by atoms with Gasteiger partial charge in [-0.2, -0.15) is 0 Å². The van der Waals surface area contributed by atoms with Gasteiger partial charge in [0.1, 0.15) is 0 Å². The predicted octanol–water partition coefficient (Wildman–Crippen LogP) is 2.37. The van der Waals surface area contributed by atoms with Gasteiger partial charge in [-0.05, 0) is 0 Å². The molecule has 0 saturated carbocycles. The van der Waals surface area contributed by atoms with Crippen LogP contribution in [0.4, 0.5) is 0 Å². The van der Waals surface area contributed by atoms with Crippen LogP contribution in [0.25, 0.3) is 5.57 Å². The third kappa shape index (κ3) is 2.42. The Morgan fingerprint density at radius 3 is 2.38 bits per heavy atom. The fourth-order valence-corrected chi connectivity index (χ4v) is 1.61. The van der Waals surface area contributed by atoms with E-state index in [-0.39, 0.29) is 0 Å². The molecule has 0 atom stereocenters. The molecule has 13 heavy (non-hydrogen) atoms. The van der Waals surface area contributed by atoms with Crippen LogP contribution in [0.15, 0.2) is 48.2 Å². The number of benzene rings is 1. The Morgan fingerprint density at radius 2 is 1.92 bits per heavy atom. The van der Waals surface area contributed by atoms with Gasteiger partial charge in [-0.1, -0.05) is 0 Å². The molecule has 64 valence electrons. The van der Waals surface area contributed by atoms with Crippen molar-refractivity contribution in [2.24, 2.45) is 0 Å². The van der Waals surface area contributed by atoms with Crippen molar-refractivity contribution in [3.8, 4) is 0 Å². The first-order valence-electron chi connectivity index (χ1n) is 3.97. The van der Waals surface area contributed by atoms with Gasteiger partial charge in [-0.25, -0.2) is 0 Å². The number of rotatable bonds is 2. The van der Waals surface area contributed by atoms with Crippen molar-refractivity contribution in [3.63, 3.8) is 0 Å². The summed E-state index contributed by atoms with van der Waals surface area (Å²) in [6.07, 6.45) is 0. The van der Waals surface area contributed by atoms with Crippen LogP contribution >= 0.6 is 0 Å². The number of hydrogen-bond donors (Lipinski definition) is 0. The van der Waals surface area contributed by atoms with Crippen LogP contribution in [-0.4, -0.2) is 20.2 Å². The third-order valence-corrected chi connectivity index (χ3v) is 2.23. The average Bonchev–Trinajstić information content (AvgIpc) is 2.20. The van der Waals surface area contributed by atoms with Crippen molar-refractivity contribution in [3.05, 3.63) is 53.8 Å². The molecule has 0 heterocycles. The predicted molar refractivity (Wildman–Crippen MR) is 58.9 cm³/mol. The van der Waals surface area contributed by atoms with Crippen molar-refractivity contribution in [1.29, 1.82) is 0 Å². The number of hydrogen-bond acceptors (Lipinski definition) is 0. The molecule has 0 aliphatic carbocycles. The van der Waals surface area contributed by atoms with Gasteiger partial charge < -0.3 is 0 Å². The van der Waals surface area contributed by atoms with Gasteiger partial charge in [0.15, 0.2) is 0 Å². The van der Waals surface area contributed by atoms with Crippen LogP contribution in [0.5, 0.6) is 0 Å². The molecule has 1 heteroatoms. The van der Waals surface area contributed by atoms with Gasteiger partial charge in [0, 0.05) is 0 Å². The molecule has 0 spiro atoms. The fourth-order valence-electron chi connectivity index (χ4n) is 1.05. The first kappa shape index (κ1) is 9.99. The number of allylic oxidation sites excluding steroid dienone is 2. The van der Waals surface area contributed by atoms with E-state index in [0.29, 0.717) is 0 Å². The summed E-state index contributed by atoms with van der Waals surface area (Å²) in [4.78, 5) is 0. The van der Waals surface area contributed by atoms with E-state index in [1.54, 1.807) is 0 Å². The Hall–Kier alpha value is -1.09. The zero-order valence-corrected chi connectivity index (χ0v) is 9.22. The van der Waals surface area contributed by atoms with E-state index in [4.69, 9.17) is 0 Å².